The van der Waals surface area contributed by atoms with Crippen molar-refractivity contribution in [1.29, 1.82) is 0 Å². The lowest BCUT2D eigenvalue weighted by Crippen LogP contribution is -2.33. The van der Waals surface area contributed by atoms with Gasteiger partial charge in [-0.1, -0.05) is 27.7 Å². The fraction of sp³-hybridized carbons (Fsp3) is 0.889. The van der Waals surface area contributed by atoms with E-state index in [1.807, 2.05) is 6.92 Å². The molecule has 0 unspecified atom stereocenters. The summed E-state index contributed by atoms with van der Waals surface area (Å²) in [5, 5.41) is 0. The zero-order valence-corrected chi connectivity index (χ0v) is 7.98. The van der Waals surface area contributed by atoms with Crippen molar-refractivity contribution >= 4 is 5.78 Å². The molecule has 0 spiro atoms. The van der Waals surface area contributed by atoms with Gasteiger partial charge in [0.2, 0.25) is 0 Å². The molecule has 0 aliphatic rings. The van der Waals surface area contributed by atoms with Crippen molar-refractivity contribution < 1.29 is 4.79 Å². The first-order valence-electron chi connectivity index (χ1n) is 4.15. The quantitative estimate of drug-likeness (QED) is 0.678. The summed E-state index contributed by atoms with van der Waals surface area (Å²) in [6.45, 7) is 8.13. The van der Waals surface area contributed by atoms with E-state index in [9.17, 15) is 4.79 Å². The third-order valence-corrected chi connectivity index (χ3v) is 1.59. The van der Waals surface area contributed by atoms with Crippen molar-refractivity contribution in [3.05, 3.63) is 0 Å². The number of hydrogen-bond acceptors (Lipinski definition) is 2. The molecule has 0 rings (SSSR count). The summed E-state index contributed by atoms with van der Waals surface area (Å²) in [5.74, 6) is 0.167. The van der Waals surface area contributed by atoms with Crippen LogP contribution in [0.5, 0.6) is 0 Å². The van der Waals surface area contributed by atoms with Gasteiger partial charge in [0.25, 0.3) is 0 Å². The molecule has 0 aliphatic heterocycles. The molecule has 0 saturated heterocycles. The average molecular weight is 157 g/mol. The maximum Gasteiger partial charge on any atom is 0.149 e. The summed E-state index contributed by atoms with van der Waals surface area (Å²) in [6, 6.07) is -0.264. The standard InChI is InChI=1S/C9H19NO/c1-5-8(11)7(10)6-9(2,3)4/h7H,5-6,10H2,1-4H3/t7-/m0/s1. The number of Topliss-reactive ketones (excluding diaryl/α,β-unsaturated/α-hetero) is 1. The molecule has 0 heterocycles. The lowest BCUT2D eigenvalue weighted by Gasteiger charge is -2.21. The monoisotopic (exact) mass is 157 g/mol. The van der Waals surface area contributed by atoms with Crippen LogP contribution in [0.1, 0.15) is 40.5 Å². The van der Waals surface area contributed by atoms with E-state index in [-0.39, 0.29) is 17.2 Å². The summed E-state index contributed by atoms with van der Waals surface area (Å²) in [5.41, 5.74) is 5.82. The Morgan fingerprint density at radius 1 is 1.45 bits per heavy atom. The molecule has 1 atom stereocenters. The molecule has 11 heavy (non-hydrogen) atoms. The van der Waals surface area contributed by atoms with Crippen LogP contribution in [-0.2, 0) is 4.79 Å². The zero-order valence-electron chi connectivity index (χ0n) is 7.98. The van der Waals surface area contributed by atoms with Gasteiger partial charge in [-0.25, -0.2) is 0 Å². The molecule has 0 aromatic rings. The Morgan fingerprint density at radius 3 is 2.18 bits per heavy atom. The molecule has 2 heteroatoms. The van der Waals surface area contributed by atoms with Crippen molar-refractivity contribution in [3.8, 4) is 0 Å². The minimum atomic E-state index is -0.264. The van der Waals surface area contributed by atoms with Crippen molar-refractivity contribution in [2.24, 2.45) is 11.1 Å². The van der Waals surface area contributed by atoms with E-state index >= 15 is 0 Å². The predicted octanol–water partition coefficient (Wildman–Crippen LogP) is 1.73. The smallest absolute Gasteiger partial charge is 0.149 e. The van der Waals surface area contributed by atoms with Crippen LogP contribution >= 0.6 is 0 Å². The minimum absolute atomic E-state index is 0.157. The first kappa shape index (κ1) is 10.6. The molecule has 2 N–H and O–H groups in total. The van der Waals surface area contributed by atoms with Crippen LogP contribution in [-0.4, -0.2) is 11.8 Å². The second-order valence-corrected chi connectivity index (χ2v) is 4.19. The minimum Gasteiger partial charge on any atom is -0.321 e. The van der Waals surface area contributed by atoms with E-state index in [1.165, 1.54) is 0 Å². The van der Waals surface area contributed by atoms with Gasteiger partial charge in [-0.3, -0.25) is 4.79 Å². The number of carbonyl (C=O) groups is 1. The van der Waals surface area contributed by atoms with Crippen molar-refractivity contribution in [2.75, 3.05) is 0 Å². The molecule has 0 aliphatic carbocycles. The van der Waals surface area contributed by atoms with Crippen LogP contribution < -0.4 is 5.73 Å². The van der Waals surface area contributed by atoms with Gasteiger partial charge < -0.3 is 5.73 Å². The Hall–Kier alpha value is -0.370. The molecule has 0 fully saturated rings. The van der Waals surface area contributed by atoms with E-state index in [4.69, 9.17) is 5.73 Å². The Labute approximate surface area is 69.2 Å². The Balaban J connectivity index is 3.87. The summed E-state index contributed by atoms with van der Waals surface area (Å²) in [7, 11) is 0. The highest BCUT2D eigenvalue weighted by atomic mass is 16.1. The maximum absolute atomic E-state index is 11.1. The number of hydrogen-bond donors (Lipinski definition) is 1. The highest BCUT2D eigenvalue weighted by molar-refractivity contribution is 5.83. The van der Waals surface area contributed by atoms with Gasteiger partial charge in [0.15, 0.2) is 0 Å². The second kappa shape index (κ2) is 3.86. The van der Waals surface area contributed by atoms with Crippen LogP contribution in [0.4, 0.5) is 0 Å². The maximum atomic E-state index is 11.1. The predicted molar refractivity (Wildman–Crippen MR) is 47.3 cm³/mol. The van der Waals surface area contributed by atoms with Crippen LogP contribution in [0.2, 0.25) is 0 Å². The first-order chi connectivity index (χ1) is 4.87. The third kappa shape index (κ3) is 4.96. The second-order valence-electron chi connectivity index (χ2n) is 4.19. The van der Waals surface area contributed by atoms with Crippen LogP contribution in [0.15, 0.2) is 0 Å². The van der Waals surface area contributed by atoms with Crippen molar-refractivity contribution in [1.82, 2.24) is 0 Å². The topological polar surface area (TPSA) is 43.1 Å². The molecule has 0 bridgehead atoms. The molecule has 0 radical (unpaired) electrons. The first-order valence-corrected chi connectivity index (χ1v) is 4.15. The highest BCUT2D eigenvalue weighted by Crippen LogP contribution is 2.20. The Morgan fingerprint density at radius 2 is 1.91 bits per heavy atom. The van der Waals surface area contributed by atoms with Gasteiger partial charge >= 0.3 is 0 Å². The third-order valence-electron chi connectivity index (χ3n) is 1.59. The number of carbonyl (C=O) groups excluding carboxylic acids is 1. The Kier molecular flexibility index (Phi) is 3.73. The van der Waals surface area contributed by atoms with E-state index in [0.717, 1.165) is 6.42 Å². The fourth-order valence-electron chi connectivity index (χ4n) is 1.04. The number of rotatable bonds is 3. The molecule has 0 aromatic carbocycles. The van der Waals surface area contributed by atoms with E-state index in [0.29, 0.717) is 6.42 Å². The van der Waals surface area contributed by atoms with Crippen LogP contribution in [0, 0.1) is 5.41 Å². The molecular weight excluding hydrogens is 138 g/mol. The van der Waals surface area contributed by atoms with Crippen LogP contribution in [0.25, 0.3) is 0 Å². The largest absolute Gasteiger partial charge is 0.321 e. The summed E-state index contributed by atoms with van der Waals surface area (Å²) < 4.78 is 0. The molecule has 0 amide bonds. The molecule has 66 valence electrons. The van der Waals surface area contributed by atoms with Gasteiger partial charge in [0.1, 0.15) is 5.78 Å². The van der Waals surface area contributed by atoms with Gasteiger partial charge in [-0.2, -0.15) is 0 Å². The van der Waals surface area contributed by atoms with Crippen molar-refractivity contribution in [2.45, 2.75) is 46.6 Å². The number of ketones is 1. The van der Waals surface area contributed by atoms with Gasteiger partial charge in [0, 0.05) is 6.42 Å². The van der Waals surface area contributed by atoms with Crippen molar-refractivity contribution in [3.63, 3.8) is 0 Å². The SMILES string of the molecule is CCC(=O)[C@@H](N)CC(C)(C)C. The van der Waals surface area contributed by atoms with Gasteiger partial charge in [-0.05, 0) is 11.8 Å². The summed E-state index contributed by atoms with van der Waals surface area (Å²) >= 11 is 0. The van der Waals surface area contributed by atoms with Gasteiger partial charge in [-0.15, -0.1) is 0 Å². The number of nitrogens with two attached hydrogens (primary N) is 1. The average Bonchev–Trinajstić information content (AvgIpc) is 1.82. The van der Waals surface area contributed by atoms with Gasteiger partial charge in [0.05, 0.1) is 6.04 Å². The molecular formula is C9H19NO. The summed E-state index contributed by atoms with van der Waals surface area (Å²) in [6.07, 6.45) is 1.33. The molecule has 0 aromatic heterocycles. The highest BCUT2D eigenvalue weighted by Gasteiger charge is 2.19. The normalized spacial score (nSPS) is 14.6. The summed E-state index contributed by atoms with van der Waals surface area (Å²) in [4.78, 5) is 11.1. The van der Waals surface area contributed by atoms with Crippen LogP contribution in [0.3, 0.4) is 0 Å². The molecule has 2 nitrogen and oxygen atoms in total. The lowest BCUT2D eigenvalue weighted by atomic mass is 9.86. The Bertz CT molecular complexity index is 135. The van der Waals surface area contributed by atoms with E-state index < -0.39 is 0 Å². The lowest BCUT2D eigenvalue weighted by molar-refractivity contribution is -0.120. The fourth-order valence-corrected chi connectivity index (χ4v) is 1.04. The zero-order chi connectivity index (χ0) is 9.07. The van der Waals surface area contributed by atoms with E-state index in [1.54, 1.807) is 0 Å². The molecule has 0 saturated carbocycles. The van der Waals surface area contributed by atoms with E-state index in [2.05, 4.69) is 20.8 Å².